The number of carbonyl (C=O) groups is 1. The highest BCUT2D eigenvalue weighted by atomic mass is 16.5. The summed E-state index contributed by atoms with van der Waals surface area (Å²) in [5.41, 5.74) is 4.81. The molecule has 1 saturated heterocycles. The topological polar surface area (TPSA) is 68.1 Å². The van der Waals surface area contributed by atoms with Gasteiger partial charge in [-0.2, -0.15) is 0 Å². The summed E-state index contributed by atoms with van der Waals surface area (Å²) in [5.74, 6) is 2.85. The van der Waals surface area contributed by atoms with Gasteiger partial charge < -0.3 is 24.1 Å². The van der Waals surface area contributed by atoms with Crippen molar-refractivity contribution in [3.05, 3.63) is 78.2 Å². The minimum absolute atomic E-state index is 0.0689. The van der Waals surface area contributed by atoms with E-state index in [-0.39, 0.29) is 17.6 Å². The number of nitrogens with zero attached hydrogens (tertiary/aromatic N) is 3. The van der Waals surface area contributed by atoms with Crippen LogP contribution >= 0.6 is 0 Å². The molecule has 4 aromatic rings. The van der Waals surface area contributed by atoms with Crippen LogP contribution < -0.4 is 14.8 Å². The molecule has 0 saturated carbocycles. The number of likely N-dealkylation sites (tertiary alicyclic amines) is 1. The number of urea groups is 1. The van der Waals surface area contributed by atoms with Crippen LogP contribution in [-0.2, 0) is 6.42 Å². The molecule has 0 bridgehead atoms. The second-order valence-electron chi connectivity index (χ2n) is 10.9. The number of aromatic nitrogens is 2. The van der Waals surface area contributed by atoms with Crippen LogP contribution in [-0.4, -0.2) is 46.1 Å². The molecule has 0 aliphatic carbocycles. The van der Waals surface area contributed by atoms with Crippen molar-refractivity contribution in [2.75, 3.05) is 25.5 Å². The van der Waals surface area contributed by atoms with Crippen molar-refractivity contribution in [1.82, 2.24) is 14.3 Å². The molecule has 0 spiro atoms. The Kier molecular flexibility index (Phi) is 6.22. The van der Waals surface area contributed by atoms with Crippen LogP contribution in [0, 0.1) is 0 Å². The Balaban J connectivity index is 1.22. The van der Waals surface area contributed by atoms with E-state index in [9.17, 15) is 4.79 Å². The molecule has 7 nitrogen and oxygen atoms in total. The smallest absolute Gasteiger partial charge is 0.321 e. The number of carbonyl (C=O) groups excluding carboxylic acids is 1. The summed E-state index contributed by atoms with van der Waals surface area (Å²) < 4.78 is 13.7. The third-order valence-corrected chi connectivity index (χ3v) is 7.69. The molecule has 7 heteroatoms. The first-order valence-corrected chi connectivity index (χ1v) is 13.4. The Hall–Kier alpha value is -4.00. The molecule has 2 aliphatic heterocycles. The zero-order chi connectivity index (χ0) is 26.3. The largest absolute Gasteiger partial charge is 0.497 e. The summed E-state index contributed by atoms with van der Waals surface area (Å²) in [7, 11) is 1.68. The van der Waals surface area contributed by atoms with E-state index in [1.54, 1.807) is 7.11 Å². The predicted octanol–water partition coefficient (Wildman–Crippen LogP) is 6.53. The van der Waals surface area contributed by atoms with Gasteiger partial charge in [0.1, 0.15) is 22.9 Å². The maximum Gasteiger partial charge on any atom is 0.321 e. The van der Waals surface area contributed by atoms with Gasteiger partial charge in [0, 0.05) is 36.5 Å². The zero-order valence-electron chi connectivity index (χ0n) is 22.2. The van der Waals surface area contributed by atoms with Gasteiger partial charge >= 0.3 is 6.03 Å². The molecule has 2 aliphatic rings. The number of ether oxygens (including phenoxy) is 2. The third kappa shape index (κ3) is 4.69. The molecule has 0 radical (unpaired) electrons. The molecular weight excluding hydrogens is 476 g/mol. The van der Waals surface area contributed by atoms with Crippen molar-refractivity contribution < 1.29 is 14.3 Å². The molecule has 38 heavy (non-hydrogen) atoms. The van der Waals surface area contributed by atoms with Crippen LogP contribution in [0.4, 0.5) is 10.5 Å². The molecule has 2 aromatic carbocycles. The lowest BCUT2D eigenvalue weighted by Crippen LogP contribution is -2.42. The second kappa shape index (κ2) is 9.71. The van der Waals surface area contributed by atoms with Crippen molar-refractivity contribution in [2.24, 2.45) is 0 Å². The Morgan fingerprint density at radius 2 is 2.03 bits per heavy atom. The van der Waals surface area contributed by atoms with Gasteiger partial charge in [-0.05, 0) is 87.6 Å². The number of anilines is 1. The normalized spacial score (nSPS) is 18.5. The Morgan fingerprint density at radius 1 is 1.13 bits per heavy atom. The highest BCUT2D eigenvalue weighted by Gasteiger charge is 2.30. The Bertz CT molecular complexity index is 1490. The first-order chi connectivity index (χ1) is 18.4. The number of rotatable bonds is 4. The number of hydrogen-bond donors (Lipinski definition) is 1. The number of fused-ring (bicyclic) bond motifs is 2. The van der Waals surface area contributed by atoms with Crippen molar-refractivity contribution in [2.45, 2.75) is 51.0 Å². The van der Waals surface area contributed by atoms with Gasteiger partial charge in [-0.25, -0.2) is 9.78 Å². The average molecular weight is 511 g/mol. The van der Waals surface area contributed by atoms with Crippen LogP contribution in [0.25, 0.3) is 16.8 Å². The maximum absolute atomic E-state index is 13.3. The van der Waals surface area contributed by atoms with Crippen LogP contribution in [0.2, 0.25) is 0 Å². The maximum atomic E-state index is 13.3. The molecular formula is C31H34N4O3. The standard InChI is InChI=1S/C31H34N4O3/c1-31(2)15-14-21-18-24(12-13-27(21)38-31)32-30(36)34-16-7-9-23(20-34)29-33-28(26-11-4-5-17-35(26)29)22-8-6-10-25(19-22)37-3/h4-6,8,10-13,17-19,23H,7,9,14-16,20H2,1-3H3,(H,32,36)/t23-/m1/s1. The minimum atomic E-state index is -0.149. The summed E-state index contributed by atoms with van der Waals surface area (Å²) in [4.78, 5) is 20.4. The highest BCUT2D eigenvalue weighted by Crippen LogP contribution is 2.36. The fourth-order valence-corrected chi connectivity index (χ4v) is 5.64. The summed E-state index contributed by atoms with van der Waals surface area (Å²) >= 11 is 0. The Labute approximate surface area is 223 Å². The molecule has 1 N–H and O–H groups in total. The fourth-order valence-electron chi connectivity index (χ4n) is 5.64. The van der Waals surface area contributed by atoms with Crippen LogP contribution in [0.15, 0.2) is 66.9 Å². The molecule has 196 valence electrons. The van der Waals surface area contributed by atoms with Crippen molar-refractivity contribution >= 4 is 17.2 Å². The van der Waals surface area contributed by atoms with Gasteiger partial charge in [-0.1, -0.05) is 18.2 Å². The van der Waals surface area contributed by atoms with E-state index < -0.39 is 0 Å². The quantitative estimate of drug-likeness (QED) is 0.339. The fraction of sp³-hybridized carbons (Fsp3) is 0.355. The number of imidazole rings is 1. The third-order valence-electron chi connectivity index (χ3n) is 7.69. The highest BCUT2D eigenvalue weighted by molar-refractivity contribution is 5.89. The number of piperidine rings is 1. The number of methoxy groups -OCH3 is 1. The van der Waals surface area contributed by atoms with Crippen LogP contribution in [0.3, 0.4) is 0 Å². The molecule has 2 aromatic heterocycles. The zero-order valence-corrected chi connectivity index (χ0v) is 22.2. The minimum Gasteiger partial charge on any atom is -0.497 e. The van der Waals surface area contributed by atoms with Gasteiger partial charge in [0.15, 0.2) is 0 Å². The Morgan fingerprint density at radius 3 is 2.89 bits per heavy atom. The predicted molar refractivity (Wildman–Crippen MR) is 149 cm³/mol. The summed E-state index contributed by atoms with van der Waals surface area (Å²) in [6.07, 6.45) is 5.89. The van der Waals surface area contributed by atoms with E-state index in [1.165, 1.54) is 0 Å². The van der Waals surface area contributed by atoms with Gasteiger partial charge in [-0.3, -0.25) is 0 Å². The van der Waals surface area contributed by atoms with E-state index in [0.717, 1.165) is 77.6 Å². The SMILES string of the molecule is COc1cccc(-c2nc([C@@H]3CCCN(C(=O)Nc4ccc5c(c4)CCC(C)(C)O5)C3)n3ccccc23)c1. The molecule has 1 atom stereocenters. The summed E-state index contributed by atoms with van der Waals surface area (Å²) in [6.45, 7) is 5.58. The van der Waals surface area contributed by atoms with E-state index >= 15 is 0 Å². The lowest BCUT2D eigenvalue weighted by Gasteiger charge is -2.33. The van der Waals surface area contributed by atoms with Crippen molar-refractivity contribution in [3.63, 3.8) is 0 Å². The average Bonchev–Trinajstić information content (AvgIpc) is 3.33. The number of amides is 2. The van der Waals surface area contributed by atoms with Crippen molar-refractivity contribution in [3.8, 4) is 22.8 Å². The summed E-state index contributed by atoms with van der Waals surface area (Å²) in [5, 5.41) is 3.13. The first kappa shape index (κ1) is 24.3. The molecule has 2 amide bonds. The van der Waals surface area contributed by atoms with Crippen LogP contribution in [0.1, 0.15) is 50.4 Å². The van der Waals surface area contributed by atoms with E-state index in [2.05, 4.69) is 41.9 Å². The first-order valence-electron chi connectivity index (χ1n) is 13.4. The summed E-state index contributed by atoms with van der Waals surface area (Å²) in [6, 6.07) is 20.1. The lowest BCUT2D eigenvalue weighted by atomic mass is 9.94. The molecule has 4 heterocycles. The number of hydrogen-bond acceptors (Lipinski definition) is 4. The molecule has 6 rings (SSSR count). The van der Waals surface area contributed by atoms with Gasteiger partial charge in [-0.15, -0.1) is 0 Å². The van der Waals surface area contributed by atoms with E-state index in [0.29, 0.717) is 6.54 Å². The van der Waals surface area contributed by atoms with E-state index in [1.807, 2.05) is 53.4 Å². The lowest BCUT2D eigenvalue weighted by molar-refractivity contribution is 0.0847. The molecule has 1 fully saturated rings. The van der Waals surface area contributed by atoms with E-state index in [4.69, 9.17) is 14.5 Å². The van der Waals surface area contributed by atoms with Crippen molar-refractivity contribution in [1.29, 1.82) is 0 Å². The second-order valence-corrected chi connectivity index (χ2v) is 10.9. The van der Waals surface area contributed by atoms with Gasteiger partial charge in [0.2, 0.25) is 0 Å². The number of nitrogens with one attached hydrogen (secondary N) is 1. The van der Waals surface area contributed by atoms with Gasteiger partial charge in [0.05, 0.1) is 18.3 Å². The molecule has 0 unspecified atom stereocenters. The number of pyridine rings is 1. The number of benzene rings is 2. The number of aryl methyl sites for hydroxylation is 1. The van der Waals surface area contributed by atoms with Crippen LogP contribution in [0.5, 0.6) is 11.5 Å². The van der Waals surface area contributed by atoms with Gasteiger partial charge in [0.25, 0.3) is 0 Å². The monoisotopic (exact) mass is 510 g/mol.